The lowest BCUT2D eigenvalue weighted by atomic mass is 9.72. The van der Waals surface area contributed by atoms with E-state index in [1.165, 1.54) is 6.42 Å². The molecule has 0 spiro atoms. The second kappa shape index (κ2) is 8.86. The van der Waals surface area contributed by atoms with E-state index in [0.717, 1.165) is 48.7 Å². The number of hydrogen-bond donors (Lipinski definition) is 0. The van der Waals surface area contributed by atoms with Crippen molar-refractivity contribution < 1.29 is 0 Å². The van der Waals surface area contributed by atoms with Crippen molar-refractivity contribution >= 4 is 24.1 Å². The number of aromatic nitrogens is 4. The molecule has 28 heavy (non-hydrogen) atoms. The molecule has 1 saturated carbocycles. The summed E-state index contributed by atoms with van der Waals surface area (Å²) < 4.78 is 0. The van der Waals surface area contributed by atoms with Gasteiger partial charge >= 0.3 is 0 Å². The van der Waals surface area contributed by atoms with Crippen LogP contribution >= 0.6 is 0 Å². The fourth-order valence-electron chi connectivity index (χ4n) is 3.34. The Kier molecular flexibility index (Phi) is 6.28. The van der Waals surface area contributed by atoms with E-state index in [1.54, 1.807) is 37.5 Å². The van der Waals surface area contributed by atoms with Gasteiger partial charge in [-0.25, -0.2) is 29.9 Å². The number of rotatable bonds is 6. The first kappa shape index (κ1) is 19.9. The first-order valence-electron chi connectivity index (χ1n) is 9.56. The van der Waals surface area contributed by atoms with Crippen LogP contribution in [-0.4, -0.2) is 70.6 Å². The van der Waals surface area contributed by atoms with Crippen LogP contribution in [0.15, 0.2) is 34.8 Å². The highest BCUT2D eigenvalue weighted by Crippen LogP contribution is 2.42. The van der Waals surface area contributed by atoms with E-state index >= 15 is 0 Å². The Morgan fingerprint density at radius 1 is 0.714 bits per heavy atom. The van der Waals surface area contributed by atoms with Crippen LogP contribution in [0.3, 0.4) is 0 Å². The summed E-state index contributed by atoms with van der Waals surface area (Å²) in [5.74, 6) is 1.56. The summed E-state index contributed by atoms with van der Waals surface area (Å²) in [4.78, 5) is 31.1. The molecule has 0 aromatic carbocycles. The van der Waals surface area contributed by atoms with E-state index in [9.17, 15) is 0 Å². The second-order valence-electron chi connectivity index (χ2n) is 7.59. The predicted molar refractivity (Wildman–Crippen MR) is 112 cm³/mol. The smallest absolute Gasteiger partial charge is 0.142 e. The number of aliphatic imine (C=N–C) groups is 2. The molecule has 2 aromatic rings. The van der Waals surface area contributed by atoms with Crippen LogP contribution in [0.2, 0.25) is 0 Å². The van der Waals surface area contributed by atoms with Gasteiger partial charge < -0.3 is 9.80 Å². The molecule has 0 radical (unpaired) electrons. The van der Waals surface area contributed by atoms with E-state index < -0.39 is 0 Å². The summed E-state index contributed by atoms with van der Waals surface area (Å²) in [6.07, 6.45) is 15.9. The molecule has 8 heteroatoms. The maximum absolute atomic E-state index is 4.65. The molecule has 0 atom stereocenters. The Labute approximate surface area is 166 Å². The Hall–Kier alpha value is -2.90. The van der Waals surface area contributed by atoms with Gasteiger partial charge in [-0.15, -0.1) is 0 Å². The first-order valence-corrected chi connectivity index (χ1v) is 9.56. The van der Waals surface area contributed by atoms with Crippen LogP contribution in [0, 0.1) is 0 Å². The van der Waals surface area contributed by atoms with Gasteiger partial charge in [-0.3, -0.25) is 0 Å². The quantitative estimate of drug-likeness (QED) is 0.566. The van der Waals surface area contributed by atoms with Crippen LogP contribution in [0.4, 0.5) is 11.4 Å². The van der Waals surface area contributed by atoms with E-state index in [1.807, 2.05) is 38.0 Å². The highest BCUT2D eigenvalue weighted by atomic mass is 15.1. The minimum atomic E-state index is -0.341. The summed E-state index contributed by atoms with van der Waals surface area (Å²) in [5.41, 5.74) is 1.13. The third kappa shape index (κ3) is 4.68. The lowest BCUT2D eigenvalue weighted by Crippen LogP contribution is -2.34. The van der Waals surface area contributed by atoms with Crippen molar-refractivity contribution in [2.45, 2.75) is 37.5 Å². The molecule has 0 N–H and O–H groups in total. The average Bonchev–Trinajstić information content (AvgIpc) is 2.72. The highest BCUT2D eigenvalue weighted by molar-refractivity contribution is 5.60. The van der Waals surface area contributed by atoms with Crippen molar-refractivity contribution in [3.8, 4) is 0 Å². The molecule has 2 heterocycles. The highest BCUT2D eigenvalue weighted by Gasteiger charge is 2.41. The molecule has 3 rings (SSSR count). The summed E-state index contributed by atoms with van der Waals surface area (Å²) in [6.45, 7) is 0. The Bertz CT molecular complexity index is 740. The Morgan fingerprint density at radius 2 is 1.11 bits per heavy atom. The minimum absolute atomic E-state index is 0.341. The monoisotopic (exact) mass is 380 g/mol. The maximum Gasteiger partial charge on any atom is 0.142 e. The van der Waals surface area contributed by atoms with Crippen LogP contribution in [0.5, 0.6) is 0 Å². The lowest BCUT2D eigenvalue weighted by molar-refractivity contribution is 0.315. The van der Waals surface area contributed by atoms with Crippen LogP contribution in [-0.2, 0) is 5.41 Å². The average molecular weight is 381 g/mol. The van der Waals surface area contributed by atoms with E-state index in [-0.39, 0.29) is 5.41 Å². The molecule has 0 aliphatic heterocycles. The van der Waals surface area contributed by atoms with Crippen molar-refractivity contribution in [2.75, 3.05) is 28.2 Å². The van der Waals surface area contributed by atoms with Gasteiger partial charge in [0.15, 0.2) is 0 Å². The summed E-state index contributed by atoms with van der Waals surface area (Å²) >= 11 is 0. The SMILES string of the molecule is CN(C)C=Nc1cnc(C2(c3ncc(N=CN(C)C)cn3)CCCCC2)nc1. The summed E-state index contributed by atoms with van der Waals surface area (Å²) in [5, 5.41) is 0. The normalized spacial score (nSPS) is 16.6. The minimum Gasteiger partial charge on any atom is -0.369 e. The van der Waals surface area contributed by atoms with Crippen molar-refractivity contribution in [1.82, 2.24) is 29.7 Å². The predicted octanol–water partition coefficient (Wildman–Crippen LogP) is 2.96. The zero-order valence-electron chi connectivity index (χ0n) is 17.1. The van der Waals surface area contributed by atoms with Gasteiger partial charge in [0.1, 0.15) is 23.0 Å². The van der Waals surface area contributed by atoms with Crippen LogP contribution in [0.25, 0.3) is 0 Å². The topological polar surface area (TPSA) is 82.8 Å². The zero-order valence-corrected chi connectivity index (χ0v) is 17.1. The molecule has 8 nitrogen and oxygen atoms in total. The van der Waals surface area contributed by atoms with Crippen LogP contribution in [0.1, 0.15) is 43.8 Å². The van der Waals surface area contributed by atoms with Crippen molar-refractivity contribution in [3.63, 3.8) is 0 Å². The van der Waals surface area contributed by atoms with Crippen molar-refractivity contribution in [3.05, 3.63) is 36.4 Å². The van der Waals surface area contributed by atoms with Crippen LogP contribution < -0.4 is 0 Å². The molecule has 1 fully saturated rings. The molecule has 0 saturated heterocycles. The molecule has 148 valence electrons. The number of nitrogens with zero attached hydrogens (tertiary/aromatic N) is 8. The van der Waals surface area contributed by atoms with Crippen molar-refractivity contribution in [2.24, 2.45) is 9.98 Å². The maximum atomic E-state index is 4.65. The second-order valence-corrected chi connectivity index (χ2v) is 7.59. The standard InChI is InChI=1S/C20H28N8/c1-27(2)14-25-16-10-21-18(22-11-16)20(8-6-5-7-9-20)19-23-12-17(13-24-19)26-15-28(3)4/h10-15H,5-9H2,1-4H3. The summed E-state index contributed by atoms with van der Waals surface area (Å²) in [7, 11) is 7.72. The molecule has 2 aromatic heterocycles. The van der Waals surface area contributed by atoms with Gasteiger partial charge in [0.2, 0.25) is 0 Å². The molecule has 0 amide bonds. The first-order chi connectivity index (χ1) is 13.5. The van der Waals surface area contributed by atoms with E-state index in [0.29, 0.717) is 0 Å². The molecular weight excluding hydrogens is 352 g/mol. The fourth-order valence-corrected chi connectivity index (χ4v) is 3.34. The molecular formula is C20H28N8. The molecule has 0 bridgehead atoms. The Morgan fingerprint density at radius 3 is 1.46 bits per heavy atom. The molecule has 1 aliphatic carbocycles. The van der Waals surface area contributed by atoms with E-state index in [2.05, 4.69) is 29.9 Å². The lowest BCUT2D eigenvalue weighted by Gasteiger charge is -2.34. The third-order valence-electron chi connectivity index (χ3n) is 4.72. The zero-order chi connectivity index (χ0) is 20.0. The third-order valence-corrected chi connectivity index (χ3v) is 4.72. The summed E-state index contributed by atoms with van der Waals surface area (Å²) in [6, 6.07) is 0. The van der Waals surface area contributed by atoms with Gasteiger partial charge in [-0.05, 0) is 12.8 Å². The fraction of sp³-hybridized carbons (Fsp3) is 0.500. The van der Waals surface area contributed by atoms with Gasteiger partial charge in [0.05, 0.1) is 42.9 Å². The van der Waals surface area contributed by atoms with Crippen molar-refractivity contribution in [1.29, 1.82) is 0 Å². The molecule has 0 unspecified atom stereocenters. The number of hydrogen-bond acceptors (Lipinski definition) is 6. The van der Waals surface area contributed by atoms with Gasteiger partial charge in [-0.1, -0.05) is 19.3 Å². The van der Waals surface area contributed by atoms with E-state index in [4.69, 9.17) is 0 Å². The molecule has 1 aliphatic rings. The Balaban J connectivity index is 1.90. The van der Waals surface area contributed by atoms with Gasteiger partial charge in [0, 0.05) is 28.2 Å². The largest absolute Gasteiger partial charge is 0.369 e. The van der Waals surface area contributed by atoms with Gasteiger partial charge in [0.25, 0.3) is 0 Å². The van der Waals surface area contributed by atoms with Gasteiger partial charge in [-0.2, -0.15) is 0 Å².